The van der Waals surface area contributed by atoms with Crippen molar-refractivity contribution in [1.82, 2.24) is 0 Å². The van der Waals surface area contributed by atoms with Crippen LogP contribution in [0.15, 0.2) is 22.7 Å². The molecule has 1 atom stereocenters. The van der Waals surface area contributed by atoms with Crippen molar-refractivity contribution < 1.29 is 14.6 Å². The lowest BCUT2D eigenvalue weighted by Gasteiger charge is -2.28. The first kappa shape index (κ1) is 18.4. The fourth-order valence-electron chi connectivity index (χ4n) is 2.13. The average molecular weight is 360 g/mol. The lowest BCUT2D eigenvalue weighted by Crippen LogP contribution is -2.32. The first-order valence-electron chi connectivity index (χ1n) is 7.48. The van der Waals surface area contributed by atoms with Crippen LogP contribution in [0.5, 0.6) is 0 Å². The van der Waals surface area contributed by atoms with E-state index in [2.05, 4.69) is 20.8 Å². The highest BCUT2D eigenvalue weighted by Crippen LogP contribution is 2.29. The zero-order valence-electron chi connectivity index (χ0n) is 13.1. The van der Waals surface area contributed by atoms with Crippen LogP contribution in [-0.2, 0) is 9.47 Å². The minimum atomic E-state index is -0.505. The van der Waals surface area contributed by atoms with Crippen LogP contribution in [0.4, 0.5) is 5.69 Å². The third-order valence-corrected chi connectivity index (χ3v) is 3.70. The van der Waals surface area contributed by atoms with Gasteiger partial charge in [-0.25, -0.2) is 0 Å². The molecule has 0 saturated heterocycles. The van der Waals surface area contributed by atoms with E-state index in [4.69, 9.17) is 9.47 Å². The van der Waals surface area contributed by atoms with E-state index in [1.54, 1.807) is 6.92 Å². The lowest BCUT2D eigenvalue weighted by molar-refractivity contribution is 0.141. The molecular weight excluding hydrogens is 334 g/mol. The second-order valence-electron chi connectivity index (χ2n) is 4.76. The summed E-state index contributed by atoms with van der Waals surface area (Å²) in [6, 6.07) is 5.95. The van der Waals surface area contributed by atoms with Crippen molar-refractivity contribution >= 4 is 21.6 Å². The summed E-state index contributed by atoms with van der Waals surface area (Å²) in [6.07, 6.45) is -0.505. The van der Waals surface area contributed by atoms with Gasteiger partial charge < -0.3 is 19.5 Å². The smallest absolute Gasteiger partial charge is 0.0782 e. The molecule has 120 valence electrons. The van der Waals surface area contributed by atoms with Gasteiger partial charge in [-0.15, -0.1) is 0 Å². The van der Waals surface area contributed by atoms with Crippen LogP contribution < -0.4 is 4.90 Å². The van der Waals surface area contributed by atoms with Crippen LogP contribution in [0.1, 0.15) is 32.4 Å². The molecule has 0 fully saturated rings. The molecule has 21 heavy (non-hydrogen) atoms. The first-order chi connectivity index (χ1) is 10.1. The number of anilines is 1. The second kappa shape index (κ2) is 10.2. The van der Waals surface area contributed by atoms with E-state index in [0.29, 0.717) is 26.4 Å². The van der Waals surface area contributed by atoms with Crippen LogP contribution in [0.25, 0.3) is 0 Å². The Morgan fingerprint density at radius 2 is 1.71 bits per heavy atom. The lowest BCUT2D eigenvalue weighted by atomic mass is 10.1. The van der Waals surface area contributed by atoms with Gasteiger partial charge in [0.1, 0.15) is 0 Å². The van der Waals surface area contributed by atoms with Crippen molar-refractivity contribution in [1.29, 1.82) is 0 Å². The normalized spacial score (nSPS) is 12.4. The van der Waals surface area contributed by atoms with Gasteiger partial charge in [0.15, 0.2) is 0 Å². The zero-order chi connectivity index (χ0) is 15.7. The van der Waals surface area contributed by atoms with Gasteiger partial charge in [0.05, 0.1) is 19.3 Å². The number of hydrogen-bond donors (Lipinski definition) is 1. The van der Waals surface area contributed by atoms with Crippen LogP contribution in [0.2, 0.25) is 0 Å². The van der Waals surface area contributed by atoms with Gasteiger partial charge in [0, 0.05) is 42.0 Å². The molecule has 0 radical (unpaired) electrons. The predicted octanol–water partition coefficient (Wildman–Crippen LogP) is 3.38. The minimum absolute atomic E-state index is 0.505. The summed E-state index contributed by atoms with van der Waals surface area (Å²) in [6.45, 7) is 10.1. The summed E-state index contributed by atoms with van der Waals surface area (Å²) >= 11 is 3.51. The fraction of sp³-hybridized carbons (Fsp3) is 0.625. The highest BCUT2D eigenvalue weighted by atomic mass is 79.9. The molecule has 4 nitrogen and oxygen atoms in total. The zero-order valence-corrected chi connectivity index (χ0v) is 14.7. The number of ether oxygens (including phenoxy) is 2. The van der Waals surface area contributed by atoms with E-state index in [-0.39, 0.29) is 0 Å². The molecule has 0 spiro atoms. The van der Waals surface area contributed by atoms with Gasteiger partial charge in [-0.3, -0.25) is 0 Å². The maximum Gasteiger partial charge on any atom is 0.0782 e. The third-order valence-electron chi connectivity index (χ3n) is 3.20. The van der Waals surface area contributed by atoms with Crippen molar-refractivity contribution in [2.24, 2.45) is 0 Å². The molecule has 0 saturated carbocycles. The Balaban J connectivity index is 2.90. The summed E-state index contributed by atoms with van der Waals surface area (Å²) in [7, 11) is 0. The highest BCUT2D eigenvalue weighted by Gasteiger charge is 2.15. The Kier molecular flexibility index (Phi) is 8.92. The number of aliphatic hydroxyl groups is 1. The van der Waals surface area contributed by atoms with Crippen molar-refractivity contribution in [2.45, 2.75) is 26.9 Å². The van der Waals surface area contributed by atoms with Crippen molar-refractivity contribution in [3.8, 4) is 0 Å². The van der Waals surface area contributed by atoms with Gasteiger partial charge >= 0.3 is 0 Å². The standard InChI is InChI=1S/C16H26BrNO3/c1-4-20-10-8-18(9-11-21-5-2)16-12-14(17)6-7-15(16)13(3)19/h6-7,12-13,19H,4-5,8-11H2,1-3H3. The number of aliphatic hydroxyl groups excluding tert-OH is 1. The topological polar surface area (TPSA) is 41.9 Å². The van der Waals surface area contributed by atoms with Gasteiger partial charge in [0.25, 0.3) is 0 Å². The Morgan fingerprint density at radius 3 is 2.19 bits per heavy atom. The van der Waals surface area contributed by atoms with Gasteiger partial charge in [-0.05, 0) is 32.9 Å². The molecule has 0 aromatic heterocycles. The number of hydrogen-bond acceptors (Lipinski definition) is 4. The van der Waals surface area contributed by atoms with Gasteiger partial charge in [0.2, 0.25) is 0 Å². The first-order valence-corrected chi connectivity index (χ1v) is 8.27. The number of halogens is 1. The van der Waals surface area contributed by atoms with E-state index < -0.39 is 6.10 Å². The van der Waals surface area contributed by atoms with E-state index in [1.807, 2.05) is 32.0 Å². The SMILES string of the molecule is CCOCCN(CCOCC)c1cc(Br)ccc1C(C)O. The molecule has 0 bridgehead atoms. The largest absolute Gasteiger partial charge is 0.389 e. The maximum absolute atomic E-state index is 9.98. The van der Waals surface area contributed by atoms with Gasteiger partial charge in [-0.2, -0.15) is 0 Å². The van der Waals surface area contributed by atoms with Crippen molar-refractivity contribution in [3.63, 3.8) is 0 Å². The Hall–Kier alpha value is -0.620. The predicted molar refractivity (Wildman–Crippen MR) is 90.0 cm³/mol. The van der Waals surface area contributed by atoms with E-state index >= 15 is 0 Å². The monoisotopic (exact) mass is 359 g/mol. The quantitative estimate of drug-likeness (QED) is 0.650. The maximum atomic E-state index is 9.98. The summed E-state index contributed by atoms with van der Waals surface area (Å²) in [5, 5.41) is 9.98. The summed E-state index contributed by atoms with van der Waals surface area (Å²) in [5.74, 6) is 0. The van der Waals surface area contributed by atoms with Crippen LogP contribution in [0.3, 0.4) is 0 Å². The highest BCUT2D eigenvalue weighted by molar-refractivity contribution is 9.10. The minimum Gasteiger partial charge on any atom is -0.389 e. The molecular formula is C16H26BrNO3. The Bertz CT molecular complexity index is 403. The van der Waals surface area contributed by atoms with Crippen LogP contribution in [0, 0.1) is 0 Å². The van der Waals surface area contributed by atoms with E-state index in [0.717, 1.165) is 28.8 Å². The Labute approximate surface area is 136 Å². The molecule has 1 N–H and O–H groups in total. The number of benzene rings is 1. The van der Waals surface area contributed by atoms with E-state index in [9.17, 15) is 5.11 Å². The van der Waals surface area contributed by atoms with Crippen LogP contribution in [-0.4, -0.2) is 44.6 Å². The van der Waals surface area contributed by atoms with E-state index in [1.165, 1.54) is 0 Å². The Morgan fingerprint density at radius 1 is 1.14 bits per heavy atom. The van der Waals surface area contributed by atoms with Crippen LogP contribution >= 0.6 is 15.9 Å². The van der Waals surface area contributed by atoms with Crippen molar-refractivity contribution in [2.75, 3.05) is 44.4 Å². The molecule has 0 aliphatic carbocycles. The third kappa shape index (κ3) is 6.34. The summed E-state index contributed by atoms with van der Waals surface area (Å²) < 4.78 is 11.9. The second-order valence-corrected chi connectivity index (χ2v) is 5.68. The molecule has 1 rings (SSSR count). The molecule has 1 unspecified atom stereocenters. The molecule has 0 aliphatic heterocycles. The van der Waals surface area contributed by atoms with Gasteiger partial charge in [-0.1, -0.05) is 22.0 Å². The summed E-state index contributed by atoms with van der Waals surface area (Å²) in [5.41, 5.74) is 1.95. The molecule has 5 heteroatoms. The number of nitrogens with zero attached hydrogens (tertiary/aromatic N) is 1. The molecule has 0 heterocycles. The molecule has 0 aliphatic rings. The summed E-state index contributed by atoms with van der Waals surface area (Å²) in [4.78, 5) is 2.21. The molecule has 0 amide bonds. The van der Waals surface area contributed by atoms with Crippen molar-refractivity contribution in [3.05, 3.63) is 28.2 Å². The number of rotatable bonds is 10. The fourth-order valence-corrected chi connectivity index (χ4v) is 2.48. The molecule has 1 aromatic rings. The molecule has 1 aromatic carbocycles. The average Bonchev–Trinajstić information content (AvgIpc) is 2.45.